The number of carbonyl (C=O) groups excluding carboxylic acids is 1. The molecule has 6 nitrogen and oxygen atoms in total. The fourth-order valence-corrected chi connectivity index (χ4v) is 3.97. The molecule has 0 aromatic rings. The van der Waals surface area contributed by atoms with Crippen LogP contribution in [-0.4, -0.2) is 47.6 Å². The predicted octanol–water partition coefficient (Wildman–Crippen LogP) is 3.30. The van der Waals surface area contributed by atoms with Crippen molar-refractivity contribution in [3.05, 3.63) is 0 Å². The Hall–Kier alpha value is -1.14. The summed E-state index contributed by atoms with van der Waals surface area (Å²) in [5, 5.41) is 17.8. The number of aliphatic hydroxyl groups excluding tert-OH is 1. The molecule has 2 aliphatic carbocycles. The number of esters is 1. The third-order valence-electron chi connectivity index (χ3n) is 5.72. The van der Waals surface area contributed by atoms with Crippen LogP contribution in [0.2, 0.25) is 0 Å². The largest absolute Gasteiger partial charge is 0.481 e. The van der Waals surface area contributed by atoms with Gasteiger partial charge in [-0.25, -0.2) is 0 Å². The van der Waals surface area contributed by atoms with Crippen molar-refractivity contribution in [2.45, 2.75) is 89.3 Å². The number of hydrogen-bond donors (Lipinski definition) is 2. The Morgan fingerprint density at radius 3 is 1.96 bits per heavy atom. The van der Waals surface area contributed by atoms with E-state index in [0.717, 1.165) is 58.0 Å². The maximum atomic E-state index is 12.3. The Balaban J connectivity index is 1.56. The molecular formula is C20H34O6. The average Bonchev–Trinajstić information content (AvgIpc) is 2.65. The van der Waals surface area contributed by atoms with Gasteiger partial charge in [0.25, 0.3) is 0 Å². The zero-order valence-electron chi connectivity index (χ0n) is 15.7. The number of rotatable bonds is 10. The van der Waals surface area contributed by atoms with Gasteiger partial charge in [0.15, 0.2) is 0 Å². The monoisotopic (exact) mass is 370 g/mol. The highest BCUT2D eigenvalue weighted by atomic mass is 16.5. The van der Waals surface area contributed by atoms with Crippen molar-refractivity contribution in [1.29, 1.82) is 0 Å². The Labute approximate surface area is 156 Å². The zero-order chi connectivity index (χ0) is 18.8. The molecular weight excluding hydrogens is 336 g/mol. The first-order chi connectivity index (χ1) is 12.6. The fraction of sp³-hybridized carbons (Fsp3) is 0.900. The van der Waals surface area contributed by atoms with E-state index in [2.05, 4.69) is 0 Å². The van der Waals surface area contributed by atoms with E-state index in [1.54, 1.807) is 0 Å². The minimum Gasteiger partial charge on any atom is -0.481 e. The summed E-state index contributed by atoms with van der Waals surface area (Å²) in [4.78, 5) is 23.3. The van der Waals surface area contributed by atoms with Crippen molar-refractivity contribution < 1.29 is 29.3 Å². The van der Waals surface area contributed by atoms with Gasteiger partial charge in [0, 0.05) is 13.2 Å². The molecule has 0 saturated heterocycles. The summed E-state index contributed by atoms with van der Waals surface area (Å²) in [5.41, 5.74) is 0. The van der Waals surface area contributed by atoms with Crippen molar-refractivity contribution in [1.82, 2.24) is 0 Å². The van der Waals surface area contributed by atoms with Crippen LogP contribution in [0.5, 0.6) is 0 Å². The summed E-state index contributed by atoms with van der Waals surface area (Å²) in [7, 11) is 0. The summed E-state index contributed by atoms with van der Waals surface area (Å²) in [6, 6.07) is 0. The van der Waals surface area contributed by atoms with Gasteiger partial charge >= 0.3 is 11.9 Å². The van der Waals surface area contributed by atoms with E-state index >= 15 is 0 Å². The highest BCUT2D eigenvalue weighted by Crippen LogP contribution is 2.31. The first kappa shape index (κ1) is 21.2. The van der Waals surface area contributed by atoms with Crippen LogP contribution in [0, 0.1) is 11.8 Å². The van der Waals surface area contributed by atoms with Crippen molar-refractivity contribution >= 4 is 11.9 Å². The Morgan fingerprint density at radius 1 is 0.769 bits per heavy atom. The quantitative estimate of drug-likeness (QED) is 0.453. The van der Waals surface area contributed by atoms with Crippen LogP contribution in [0.1, 0.15) is 77.0 Å². The molecule has 2 rings (SSSR count). The third-order valence-corrected chi connectivity index (χ3v) is 5.72. The lowest BCUT2D eigenvalue weighted by molar-refractivity contribution is -0.159. The summed E-state index contributed by atoms with van der Waals surface area (Å²) in [5.74, 6) is -1.15. The molecule has 0 unspecified atom stereocenters. The lowest BCUT2D eigenvalue weighted by atomic mass is 9.86. The van der Waals surface area contributed by atoms with Gasteiger partial charge in [0.1, 0.15) is 6.10 Å². The second-order valence-corrected chi connectivity index (χ2v) is 7.73. The summed E-state index contributed by atoms with van der Waals surface area (Å²) >= 11 is 0. The molecule has 0 amide bonds. The van der Waals surface area contributed by atoms with Crippen molar-refractivity contribution in [2.75, 3.05) is 13.2 Å². The SMILES string of the molecule is O=C(O)C1CCC(OC(=O)C2CCC(OCCCCCCO)CC2)CC1. The Bertz CT molecular complexity index is 422. The van der Waals surface area contributed by atoms with Crippen molar-refractivity contribution in [3.8, 4) is 0 Å². The standard InChI is InChI=1S/C20H34O6/c21-13-3-1-2-4-14-25-17-9-7-16(8-10-17)20(24)26-18-11-5-15(6-12-18)19(22)23/h15-18,21H,1-14H2,(H,22,23). The molecule has 0 spiro atoms. The van der Waals surface area contributed by atoms with E-state index in [0.29, 0.717) is 25.7 Å². The van der Waals surface area contributed by atoms with Gasteiger partial charge in [-0.3, -0.25) is 9.59 Å². The van der Waals surface area contributed by atoms with E-state index in [9.17, 15) is 9.59 Å². The molecule has 0 aromatic carbocycles. The highest BCUT2D eigenvalue weighted by molar-refractivity contribution is 5.73. The fourth-order valence-electron chi connectivity index (χ4n) is 3.97. The van der Waals surface area contributed by atoms with Crippen LogP contribution in [0.3, 0.4) is 0 Å². The number of aliphatic carboxylic acids is 1. The van der Waals surface area contributed by atoms with Gasteiger partial charge in [0.05, 0.1) is 17.9 Å². The number of hydrogen-bond acceptors (Lipinski definition) is 5. The summed E-state index contributed by atoms with van der Waals surface area (Å²) in [6.07, 6.45) is 10.2. The summed E-state index contributed by atoms with van der Waals surface area (Å²) in [6.45, 7) is 1.03. The van der Waals surface area contributed by atoms with Crippen LogP contribution in [0.4, 0.5) is 0 Å². The van der Waals surface area contributed by atoms with Crippen LogP contribution < -0.4 is 0 Å². The van der Waals surface area contributed by atoms with Crippen LogP contribution in [0.15, 0.2) is 0 Å². The molecule has 0 radical (unpaired) electrons. The van der Waals surface area contributed by atoms with Crippen molar-refractivity contribution in [2.24, 2.45) is 11.8 Å². The molecule has 2 N–H and O–H groups in total. The first-order valence-corrected chi connectivity index (χ1v) is 10.3. The smallest absolute Gasteiger partial charge is 0.309 e. The molecule has 0 bridgehead atoms. The van der Waals surface area contributed by atoms with Gasteiger partial charge in [0.2, 0.25) is 0 Å². The van der Waals surface area contributed by atoms with Crippen LogP contribution >= 0.6 is 0 Å². The van der Waals surface area contributed by atoms with Gasteiger partial charge in [-0.15, -0.1) is 0 Å². The number of carboxylic acid groups (broad SMARTS) is 1. The molecule has 0 atom stereocenters. The van der Waals surface area contributed by atoms with E-state index in [-0.39, 0.29) is 36.6 Å². The molecule has 2 saturated carbocycles. The minimum absolute atomic E-state index is 0.0309. The molecule has 6 heteroatoms. The maximum absolute atomic E-state index is 12.3. The molecule has 0 aromatic heterocycles. The summed E-state index contributed by atoms with van der Waals surface area (Å²) < 4.78 is 11.5. The van der Waals surface area contributed by atoms with E-state index in [4.69, 9.17) is 19.7 Å². The molecule has 2 fully saturated rings. The van der Waals surface area contributed by atoms with Crippen LogP contribution in [-0.2, 0) is 19.1 Å². The molecule has 0 heterocycles. The van der Waals surface area contributed by atoms with E-state index in [1.807, 2.05) is 0 Å². The van der Waals surface area contributed by atoms with Gasteiger partial charge in [-0.1, -0.05) is 12.8 Å². The number of carbonyl (C=O) groups is 2. The minimum atomic E-state index is -0.735. The highest BCUT2D eigenvalue weighted by Gasteiger charge is 2.32. The van der Waals surface area contributed by atoms with Crippen LogP contribution in [0.25, 0.3) is 0 Å². The van der Waals surface area contributed by atoms with Gasteiger partial charge in [-0.2, -0.15) is 0 Å². The van der Waals surface area contributed by atoms with Gasteiger partial charge in [-0.05, 0) is 64.2 Å². The maximum Gasteiger partial charge on any atom is 0.309 e. The lowest BCUT2D eigenvalue weighted by Crippen LogP contribution is -2.32. The number of unbranched alkanes of at least 4 members (excludes halogenated alkanes) is 3. The number of ether oxygens (including phenoxy) is 2. The number of aliphatic hydroxyl groups is 1. The Morgan fingerprint density at radius 2 is 1.35 bits per heavy atom. The number of carboxylic acids is 1. The lowest BCUT2D eigenvalue weighted by Gasteiger charge is -2.30. The second kappa shape index (κ2) is 11.5. The molecule has 26 heavy (non-hydrogen) atoms. The van der Waals surface area contributed by atoms with Gasteiger partial charge < -0.3 is 19.7 Å². The zero-order valence-corrected chi connectivity index (χ0v) is 15.7. The molecule has 2 aliphatic rings. The second-order valence-electron chi connectivity index (χ2n) is 7.73. The Kier molecular flexibility index (Phi) is 9.40. The topological polar surface area (TPSA) is 93.1 Å². The molecule has 0 aliphatic heterocycles. The average molecular weight is 370 g/mol. The molecule has 150 valence electrons. The van der Waals surface area contributed by atoms with E-state index in [1.165, 1.54) is 0 Å². The van der Waals surface area contributed by atoms with Crippen molar-refractivity contribution in [3.63, 3.8) is 0 Å². The van der Waals surface area contributed by atoms with E-state index < -0.39 is 5.97 Å². The first-order valence-electron chi connectivity index (χ1n) is 10.3. The normalized spacial score (nSPS) is 29.3. The third kappa shape index (κ3) is 7.23. The predicted molar refractivity (Wildman–Crippen MR) is 96.7 cm³/mol.